The fourth-order valence-corrected chi connectivity index (χ4v) is 3.11. The summed E-state index contributed by atoms with van der Waals surface area (Å²) in [6.07, 6.45) is 1.17. The maximum Gasteiger partial charge on any atom is 0.317 e. The number of fused-ring (bicyclic) bond motifs is 1. The molecule has 0 bridgehead atoms. The molecule has 0 fully saturated rings. The molecule has 1 N–H and O–H groups in total. The molecule has 7 nitrogen and oxygen atoms in total. The lowest BCUT2D eigenvalue weighted by Crippen LogP contribution is -2.48. The zero-order chi connectivity index (χ0) is 17.2. The topological polar surface area (TPSA) is 84.9 Å². The summed E-state index contributed by atoms with van der Waals surface area (Å²) >= 11 is 0. The SMILES string of the molecule is C[C@@H]([C@H](C)S(C)(=O)=O)N(C)C(=O)NCc1ccc2c(c1)OCO2. The number of amides is 2. The van der Waals surface area contributed by atoms with E-state index < -0.39 is 21.1 Å². The normalized spacial score (nSPS) is 15.8. The van der Waals surface area contributed by atoms with Gasteiger partial charge in [-0.05, 0) is 31.5 Å². The molecule has 0 aliphatic carbocycles. The van der Waals surface area contributed by atoms with Crippen LogP contribution < -0.4 is 14.8 Å². The molecule has 1 aromatic rings. The van der Waals surface area contributed by atoms with E-state index in [1.165, 1.54) is 11.2 Å². The second-order valence-electron chi connectivity index (χ2n) is 5.73. The van der Waals surface area contributed by atoms with E-state index in [9.17, 15) is 13.2 Å². The van der Waals surface area contributed by atoms with Crippen LogP contribution >= 0.6 is 0 Å². The van der Waals surface area contributed by atoms with E-state index in [1.807, 2.05) is 12.1 Å². The van der Waals surface area contributed by atoms with Crippen LogP contribution in [0.1, 0.15) is 19.4 Å². The molecule has 128 valence electrons. The lowest BCUT2D eigenvalue weighted by Gasteiger charge is -2.29. The number of sulfone groups is 1. The van der Waals surface area contributed by atoms with Crippen molar-refractivity contribution < 1.29 is 22.7 Å². The molecule has 0 saturated carbocycles. The molecular weight excluding hydrogens is 320 g/mol. The van der Waals surface area contributed by atoms with Gasteiger partial charge in [-0.3, -0.25) is 0 Å². The van der Waals surface area contributed by atoms with Gasteiger partial charge in [-0.25, -0.2) is 13.2 Å². The van der Waals surface area contributed by atoms with Gasteiger partial charge in [0.1, 0.15) is 0 Å². The Kier molecular flexibility index (Phi) is 5.03. The molecule has 0 unspecified atom stereocenters. The molecule has 0 aromatic heterocycles. The zero-order valence-electron chi connectivity index (χ0n) is 13.7. The van der Waals surface area contributed by atoms with Crippen molar-refractivity contribution in [3.8, 4) is 11.5 Å². The zero-order valence-corrected chi connectivity index (χ0v) is 14.5. The molecule has 8 heteroatoms. The monoisotopic (exact) mass is 342 g/mol. The van der Waals surface area contributed by atoms with Crippen molar-refractivity contribution in [3.63, 3.8) is 0 Å². The number of nitrogens with zero attached hydrogens (tertiary/aromatic N) is 1. The van der Waals surface area contributed by atoms with Crippen molar-refractivity contribution in [2.75, 3.05) is 20.1 Å². The van der Waals surface area contributed by atoms with E-state index >= 15 is 0 Å². The molecule has 23 heavy (non-hydrogen) atoms. The van der Waals surface area contributed by atoms with Crippen molar-refractivity contribution in [2.45, 2.75) is 31.7 Å². The second kappa shape index (κ2) is 6.66. The first-order valence-electron chi connectivity index (χ1n) is 7.28. The van der Waals surface area contributed by atoms with E-state index in [4.69, 9.17) is 9.47 Å². The highest BCUT2D eigenvalue weighted by Crippen LogP contribution is 2.32. The number of hydrogen-bond acceptors (Lipinski definition) is 5. The molecule has 0 radical (unpaired) electrons. The van der Waals surface area contributed by atoms with Crippen LogP contribution in [-0.4, -0.2) is 50.7 Å². The molecule has 1 aliphatic heterocycles. The number of ether oxygens (including phenoxy) is 2. The Morgan fingerprint density at radius 2 is 1.96 bits per heavy atom. The molecule has 0 saturated heterocycles. The Hall–Kier alpha value is -1.96. The number of nitrogens with one attached hydrogen (secondary N) is 1. The summed E-state index contributed by atoms with van der Waals surface area (Å²) in [5.41, 5.74) is 0.875. The van der Waals surface area contributed by atoms with Crippen LogP contribution in [0, 0.1) is 0 Å². The average molecular weight is 342 g/mol. The third-order valence-corrected chi connectivity index (χ3v) is 5.91. The summed E-state index contributed by atoms with van der Waals surface area (Å²) < 4.78 is 33.7. The first kappa shape index (κ1) is 17.4. The number of hydrogen-bond donors (Lipinski definition) is 1. The average Bonchev–Trinajstić information content (AvgIpc) is 2.96. The summed E-state index contributed by atoms with van der Waals surface area (Å²) in [5.74, 6) is 1.34. The van der Waals surface area contributed by atoms with Crippen LogP contribution in [0.15, 0.2) is 18.2 Å². The Balaban J connectivity index is 1.94. The predicted molar refractivity (Wildman–Crippen MR) is 86.3 cm³/mol. The highest BCUT2D eigenvalue weighted by Gasteiger charge is 2.28. The van der Waals surface area contributed by atoms with Crippen LogP contribution in [0.4, 0.5) is 4.79 Å². The summed E-state index contributed by atoms with van der Waals surface area (Å²) in [5, 5.41) is 2.14. The van der Waals surface area contributed by atoms with Gasteiger partial charge >= 0.3 is 6.03 Å². The minimum Gasteiger partial charge on any atom is -0.454 e. The van der Waals surface area contributed by atoms with Gasteiger partial charge in [0, 0.05) is 25.9 Å². The van der Waals surface area contributed by atoms with Gasteiger partial charge in [-0.15, -0.1) is 0 Å². The minimum atomic E-state index is -3.21. The highest BCUT2D eigenvalue weighted by atomic mass is 32.2. The lowest BCUT2D eigenvalue weighted by molar-refractivity contribution is 0.174. The van der Waals surface area contributed by atoms with Gasteiger partial charge in [-0.2, -0.15) is 0 Å². The summed E-state index contributed by atoms with van der Waals surface area (Å²) in [6.45, 7) is 3.84. The summed E-state index contributed by atoms with van der Waals surface area (Å²) in [4.78, 5) is 13.6. The third kappa shape index (κ3) is 4.07. The lowest BCUT2D eigenvalue weighted by atomic mass is 10.2. The van der Waals surface area contributed by atoms with Gasteiger partial charge in [0.15, 0.2) is 21.3 Å². The summed E-state index contributed by atoms with van der Waals surface area (Å²) in [6, 6.07) is 4.69. The van der Waals surface area contributed by atoms with Crippen molar-refractivity contribution in [1.82, 2.24) is 10.2 Å². The molecule has 2 atom stereocenters. The Labute approximate surface area is 136 Å². The number of rotatable bonds is 5. The molecule has 0 spiro atoms. The van der Waals surface area contributed by atoms with Gasteiger partial charge in [0.05, 0.1) is 5.25 Å². The Morgan fingerprint density at radius 3 is 2.61 bits per heavy atom. The predicted octanol–water partition coefficient (Wildman–Crippen LogP) is 1.38. The first-order chi connectivity index (χ1) is 10.7. The van der Waals surface area contributed by atoms with Crippen molar-refractivity contribution in [1.29, 1.82) is 0 Å². The standard InChI is InChI=1S/C15H22N2O5S/c1-10(11(2)23(4,19)20)17(3)15(18)16-8-12-5-6-13-14(7-12)22-9-21-13/h5-7,10-11H,8-9H2,1-4H3,(H,16,18)/t10-,11-/m0/s1. The van der Waals surface area contributed by atoms with Crippen LogP contribution in [0.5, 0.6) is 11.5 Å². The fourth-order valence-electron chi connectivity index (χ4n) is 2.21. The first-order valence-corrected chi connectivity index (χ1v) is 9.23. The molecule has 1 heterocycles. The van der Waals surface area contributed by atoms with Gasteiger partial charge in [0.25, 0.3) is 0 Å². The number of urea groups is 1. The van der Waals surface area contributed by atoms with Gasteiger partial charge in [0.2, 0.25) is 6.79 Å². The number of carbonyl (C=O) groups is 1. The minimum absolute atomic E-state index is 0.203. The van der Waals surface area contributed by atoms with E-state index in [0.29, 0.717) is 18.0 Å². The van der Waals surface area contributed by atoms with Crippen molar-refractivity contribution >= 4 is 15.9 Å². The molecule has 1 aliphatic rings. The molecule has 2 rings (SSSR count). The van der Waals surface area contributed by atoms with Crippen molar-refractivity contribution in [3.05, 3.63) is 23.8 Å². The van der Waals surface area contributed by atoms with Crippen molar-refractivity contribution in [2.24, 2.45) is 0 Å². The highest BCUT2D eigenvalue weighted by molar-refractivity contribution is 7.91. The van der Waals surface area contributed by atoms with Crippen LogP contribution in [0.3, 0.4) is 0 Å². The van der Waals surface area contributed by atoms with E-state index in [-0.39, 0.29) is 12.8 Å². The largest absolute Gasteiger partial charge is 0.454 e. The van der Waals surface area contributed by atoms with E-state index in [1.54, 1.807) is 27.0 Å². The Morgan fingerprint density at radius 1 is 1.30 bits per heavy atom. The maximum atomic E-state index is 12.2. The Bertz CT molecular complexity index is 689. The number of benzene rings is 1. The van der Waals surface area contributed by atoms with Gasteiger partial charge in [-0.1, -0.05) is 6.07 Å². The fraction of sp³-hybridized carbons (Fsp3) is 0.533. The molecule has 1 aromatic carbocycles. The van der Waals surface area contributed by atoms with E-state index in [0.717, 1.165) is 5.56 Å². The van der Waals surface area contributed by atoms with Crippen LogP contribution in [-0.2, 0) is 16.4 Å². The maximum absolute atomic E-state index is 12.2. The third-order valence-electron chi connectivity index (χ3n) is 4.17. The molecular formula is C15H22N2O5S. The van der Waals surface area contributed by atoms with Gasteiger partial charge < -0.3 is 19.7 Å². The smallest absolute Gasteiger partial charge is 0.317 e. The summed E-state index contributed by atoms with van der Waals surface area (Å²) in [7, 11) is -1.62. The quantitative estimate of drug-likeness (QED) is 0.874. The van der Waals surface area contributed by atoms with E-state index in [2.05, 4.69) is 5.32 Å². The molecule has 2 amide bonds. The van der Waals surface area contributed by atoms with Crippen LogP contribution in [0.25, 0.3) is 0 Å². The second-order valence-corrected chi connectivity index (χ2v) is 8.14. The van der Waals surface area contributed by atoms with Crippen LogP contribution in [0.2, 0.25) is 0 Å². The number of carbonyl (C=O) groups excluding carboxylic acids is 1.